The predicted molar refractivity (Wildman–Crippen MR) is 73.9 cm³/mol. The third-order valence-corrected chi connectivity index (χ3v) is 2.81. The second-order valence-corrected chi connectivity index (χ2v) is 4.29. The first-order valence-corrected chi connectivity index (χ1v) is 6.22. The molecule has 1 aromatic carbocycles. The number of phenols is 1. The van der Waals surface area contributed by atoms with Crippen molar-refractivity contribution in [2.45, 2.75) is 6.42 Å². The largest absolute Gasteiger partial charge is 0.507 e. The standard InChI is InChI=1S/C13H18FN3O4/c1-21-7-6-17(5-4-12(15)16-20)13(19)10-3-2-9(14)8-11(10)18/h2-3,8,18,20H,4-7H2,1H3,(H2,15,16). The van der Waals surface area contributed by atoms with Crippen molar-refractivity contribution in [3.63, 3.8) is 0 Å². The first kappa shape index (κ1) is 16.7. The van der Waals surface area contributed by atoms with Crippen molar-refractivity contribution in [3.8, 4) is 5.75 Å². The molecule has 0 unspecified atom stereocenters. The highest BCUT2D eigenvalue weighted by Crippen LogP contribution is 2.20. The number of nitrogens with two attached hydrogens (primary N) is 1. The Bertz CT molecular complexity index is 522. The number of carbonyl (C=O) groups is 1. The van der Waals surface area contributed by atoms with Gasteiger partial charge in [0, 0.05) is 32.7 Å². The van der Waals surface area contributed by atoms with Crippen molar-refractivity contribution in [1.29, 1.82) is 0 Å². The minimum Gasteiger partial charge on any atom is -0.507 e. The molecule has 0 spiro atoms. The number of ether oxygens (including phenoxy) is 1. The summed E-state index contributed by atoms with van der Waals surface area (Å²) in [4.78, 5) is 13.7. The topological polar surface area (TPSA) is 108 Å². The van der Waals surface area contributed by atoms with Crippen molar-refractivity contribution in [2.24, 2.45) is 10.9 Å². The lowest BCUT2D eigenvalue weighted by Crippen LogP contribution is -2.36. The number of benzene rings is 1. The number of phenolic OH excluding ortho intramolecular Hbond substituents is 1. The Morgan fingerprint density at radius 3 is 2.76 bits per heavy atom. The van der Waals surface area contributed by atoms with Crippen molar-refractivity contribution < 1.29 is 24.2 Å². The average molecular weight is 299 g/mol. The molecule has 0 saturated carbocycles. The van der Waals surface area contributed by atoms with E-state index >= 15 is 0 Å². The first-order valence-electron chi connectivity index (χ1n) is 6.22. The van der Waals surface area contributed by atoms with Crippen LogP contribution in [0, 0.1) is 5.82 Å². The Labute approximate surface area is 121 Å². The van der Waals surface area contributed by atoms with Crippen molar-refractivity contribution in [3.05, 3.63) is 29.6 Å². The molecule has 116 valence electrons. The molecular formula is C13H18FN3O4. The average Bonchev–Trinajstić information content (AvgIpc) is 2.46. The summed E-state index contributed by atoms with van der Waals surface area (Å²) < 4.78 is 17.9. The van der Waals surface area contributed by atoms with Gasteiger partial charge in [-0.15, -0.1) is 0 Å². The molecule has 4 N–H and O–H groups in total. The second kappa shape index (κ2) is 8.05. The Balaban J connectivity index is 2.87. The third kappa shape index (κ3) is 4.92. The Morgan fingerprint density at radius 2 is 2.19 bits per heavy atom. The molecule has 0 fully saturated rings. The lowest BCUT2D eigenvalue weighted by atomic mass is 10.1. The molecular weight excluding hydrogens is 281 g/mol. The summed E-state index contributed by atoms with van der Waals surface area (Å²) >= 11 is 0. The molecule has 0 atom stereocenters. The highest BCUT2D eigenvalue weighted by Gasteiger charge is 2.19. The summed E-state index contributed by atoms with van der Waals surface area (Å²) in [5.74, 6) is -1.58. The van der Waals surface area contributed by atoms with Gasteiger partial charge in [-0.1, -0.05) is 5.16 Å². The van der Waals surface area contributed by atoms with Crippen LogP contribution in [-0.4, -0.2) is 53.8 Å². The minimum atomic E-state index is -0.635. The quantitative estimate of drug-likeness (QED) is 0.298. The van der Waals surface area contributed by atoms with Crippen LogP contribution in [-0.2, 0) is 4.74 Å². The lowest BCUT2D eigenvalue weighted by molar-refractivity contribution is 0.0697. The molecule has 7 nitrogen and oxygen atoms in total. The highest BCUT2D eigenvalue weighted by atomic mass is 19.1. The fraction of sp³-hybridized carbons (Fsp3) is 0.385. The van der Waals surface area contributed by atoms with Gasteiger partial charge in [-0.25, -0.2) is 4.39 Å². The molecule has 0 radical (unpaired) electrons. The van der Waals surface area contributed by atoms with Crippen LogP contribution in [0.3, 0.4) is 0 Å². The van der Waals surface area contributed by atoms with Crippen LogP contribution >= 0.6 is 0 Å². The minimum absolute atomic E-state index is 0.0199. The monoisotopic (exact) mass is 299 g/mol. The number of oxime groups is 1. The molecule has 1 aromatic rings. The SMILES string of the molecule is COCCN(CC/C(N)=N/O)C(=O)c1ccc(F)cc1O. The van der Waals surface area contributed by atoms with E-state index in [1.165, 1.54) is 18.1 Å². The maximum atomic E-state index is 12.9. The lowest BCUT2D eigenvalue weighted by Gasteiger charge is -2.22. The van der Waals surface area contributed by atoms with Crippen LogP contribution in [0.2, 0.25) is 0 Å². The van der Waals surface area contributed by atoms with Crippen molar-refractivity contribution >= 4 is 11.7 Å². The number of hydrogen-bond donors (Lipinski definition) is 3. The summed E-state index contributed by atoms with van der Waals surface area (Å²) in [5, 5.41) is 21.0. The Hall–Kier alpha value is -2.35. The second-order valence-electron chi connectivity index (χ2n) is 4.29. The summed E-state index contributed by atoms with van der Waals surface area (Å²) in [7, 11) is 1.49. The van der Waals surface area contributed by atoms with Crippen LogP contribution in [0.5, 0.6) is 5.75 Å². The molecule has 0 aromatic heterocycles. The van der Waals surface area contributed by atoms with Gasteiger partial charge < -0.3 is 25.7 Å². The molecule has 0 aliphatic rings. The highest BCUT2D eigenvalue weighted by molar-refractivity contribution is 5.97. The van der Waals surface area contributed by atoms with Gasteiger partial charge in [0.25, 0.3) is 5.91 Å². The molecule has 1 amide bonds. The molecule has 0 aliphatic carbocycles. The summed E-state index contributed by atoms with van der Waals surface area (Å²) in [6.45, 7) is 0.712. The Morgan fingerprint density at radius 1 is 1.48 bits per heavy atom. The van der Waals surface area contributed by atoms with Gasteiger partial charge in [-0.3, -0.25) is 4.79 Å². The van der Waals surface area contributed by atoms with Gasteiger partial charge >= 0.3 is 0 Å². The number of amides is 1. The number of rotatable bonds is 7. The number of nitrogens with zero attached hydrogens (tertiary/aromatic N) is 2. The zero-order valence-electron chi connectivity index (χ0n) is 11.6. The van der Waals surface area contributed by atoms with Crippen LogP contribution in [0.4, 0.5) is 4.39 Å². The van der Waals surface area contributed by atoms with Crippen LogP contribution in [0.25, 0.3) is 0 Å². The maximum absolute atomic E-state index is 12.9. The van der Waals surface area contributed by atoms with E-state index in [1.54, 1.807) is 0 Å². The normalized spacial score (nSPS) is 11.4. The van der Waals surface area contributed by atoms with Crippen LogP contribution in [0.1, 0.15) is 16.8 Å². The van der Waals surface area contributed by atoms with Crippen molar-refractivity contribution in [1.82, 2.24) is 4.90 Å². The van der Waals surface area contributed by atoms with Gasteiger partial charge in [0.2, 0.25) is 0 Å². The number of carbonyl (C=O) groups excluding carboxylic acids is 1. The summed E-state index contributed by atoms with van der Waals surface area (Å²) in [5.41, 5.74) is 5.35. The maximum Gasteiger partial charge on any atom is 0.257 e. The molecule has 0 aliphatic heterocycles. The molecule has 0 bridgehead atoms. The Kier molecular flexibility index (Phi) is 6.41. The van der Waals surface area contributed by atoms with E-state index in [0.717, 1.165) is 12.1 Å². The van der Waals surface area contributed by atoms with Gasteiger partial charge in [0.15, 0.2) is 0 Å². The summed E-state index contributed by atoms with van der Waals surface area (Å²) in [6, 6.07) is 3.16. The number of amidine groups is 1. The number of aromatic hydroxyl groups is 1. The zero-order valence-corrected chi connectivity index (χ0v) is 11.6. The van der Waals surface area contributed by atoms with Gasteiger partial charge in [-0.2, -0.15) is 0 Å². The van der Waals surface area contributed by atoms with Gasteiger partial charge in [-0.05, 0) is 12.1 Å². The molecule has 1 rings (SSSR count). The van der Waals surface area contributed by atoms with E-state index in [4.69, 9.17) is 15.7 Å². The van der Waals surface area contributed by atoms with E-state index in [-0.39, 0.29) is 37.5 Å². The van der Waals surface area contributed by atoms with Crippen LogP contribution < -0.4 is 5.73 Å². The van der Waals surface area contributed by atoms with E-state index in [1.807, 2.05) is 0 Å². The third-order valence-electron chi connectivity index (χ3n) is 2.81. The molecule has 0 heterocycles. The van der Waals surface area contributed by atoms with Gasteiger partial charge in [0.1, 0.15) is 17.4 Å². The number of hydrogen-bond acceptors (Lipinski definition) is 5. The number of halogens is 1. The fourth-order valence-corrected chi connectivity index (χ4v) is 1.67. The summed E-state index contributed by atoms with van der Waals surface area (Å²) in [6.07, 6.45) is 0.161. The zero-order chi connectivity index (χ0) is 15.8. The van der Waals surface area contributed by atoms with Crippen molar-refractivity contribution in [2.75, 3.05) is 26.8 Å². The molecule has 8 heteroatoms. The van der Waals surface area contributed by atoms with E-state index in [2.05, 4.69) is 5.16 Å². The molecule has 21 heavy (non-hydrogen) atoms. The molecule has 0 saturated heterocycles. The smallest absolute Gasteiger partial charge is 0.257 e. The van der Waals surface area contributed by atoms with E-state index in [9.17, 15) is 14.3 Å². The number of methoxy groups -OCH3 is 1. The van der Waals surface area contributed by atoms with E-state index < -0.39 is 17.5 Å². The van der Waals surface area contributed by atoms with Gasteiger partial charge in [0.05, 0.1) is 12.2 Å². The van der Waals surface area contributed by atoms with Crippen LogP contribution in [0.15, 0.2) is 23.4 Å². The predicted octanol–water partition coefficient (Wildman–Crippen LogP) is 0.756. The first-order chi connectivity index (χ1) is 9.99. The van der Waals surface area contributed by atoms with E-state index in [0.29, 0.717) is 0 Å². The fourth-order valence-electron chi connectivity index (χ4n) is 1.67.